The first-order chi connectivity index (χ1) is 6.92. The van der Waals surface area contributed by atoms with E-state index in [4.69, 9.17) is 0 Å². The van der Waals surface area contributed by atoms with Gasteiger partial charge in [-0.3, -0.25) is 4.90 Å². The quantitative estimate of drug-likeness (QED) is 0.822. The molecule has 2 heterocycles. The summed E-state index contributed by atoms with van der Waals surface area (Å²) < 4.78 is 0. The smallest absolute Gasteiger partial charge is 0.0354 e. The van der Waals surface area contributed by atoms with Crippen LogP contribution in [-0.2, 0) is 0 Å². The maximum absolute atomic E-state index is 3.40. The van der Waals surface area contributed by atoms with Gasteiger partial charge in [0.2, 0.25) is 0 Å². The van der Waals surface area contributed by atoms with Gasteiger partial charge in [-0.2, -0.15) is 11.3 Å². The third-order valence-electron chi connectivity index (χ3n) is 2.91. The van der Waals surface area contributed by atoms with Crippen LogP contribution in [0.15, 0.2) is 16.8 Å². The number of nitrogens with one attached hydrogen (secondary N) is 1. The third kappa shape index (κ3) is 2.16. The van der Waals surface area contributed by atoms with Crippen LogP contribution in [0.1, 0.15) is 24.9 Å². The molecule has 14 heavy (non-hydrogen) atoms. The SMILES string of the molecule is CC[C@@H](c1ccsc1)N1CCNCC1. The van der Waals surface area contributed by atoms with Crippen molar-refractivity contribution in [2.24, 2.45) is 0 Å². The standard InChI is InChI=1S/C11H18N2S/c1-2-11(10-3-8-14-9-10)13-6-4-12-5-7-13/h3,8-9,11-12H,2,4-7H2,1H3/t11-/m0/s1. The molecule has 1 atom stereocenters. The van der Waals surface area contributed by atoms with Gasteiger partial charge < -0.3 is 5.32 Å². The maximum atomic E-state index is 3.40. The minimum atomic E-state index is 0.642. The first-order valence-electron chi connectivity index (χ1n) is 5.38. The molecule has 0 radical (unpaired) electrons. The van der Waals surface area contributed by atoms with E-state index in [0.717, 1.165) is 13.1 Å². The topological polar surface area (TPSA) is 15.3 Å². The highest BCUT2D eigenvalue weighted by Gasteiger charge is 2.20. The van der Waals surface area contributed by atoms with Crippen LogP contribution in [0, 0.1) is 0 Å². The number of piperazine rings is 1. The van der Waals surface area contributed by atoms with Crippen molar-refractivity contribution in [3.8, 4) is 0 Å². The van der Waals surface area contributed by atoms with E-state index in [0.29, 0.717) is 6.04 Å². The lowest BCUT2D eigenvalue weighted by Gasteiger charge is -2.34. The van der Waals surface area contributed by atoms with E-state index < -0.39 is 0 Å². The van der Waals surface area contributed by atoms with Crippen molar-refractivity contribution >= 4 is 11.3 Å². The summed E-state index contributed by atoms with van der Waals surface area (Å²) in [5.41, 5.74) is 1.50. The fourth-order valence-corrected chi connectivity index (χ4v) is 2.87. The molecule has 0 unspecified atom stereocenters. The number of thiophene rings is 1. The summed E-state index contributed by atoms with van der Waals surface area (Å²) in [7, 11) is 0. The Bertz CT molecular complexity index is 252. The molecule has 3 heteroatoms. The molecule has 2 nitrogen and oxygen atoms in total. The van der Waals surface area contributed by atoms with Crippen molar-refractivity contribution in [1.82, 2.24) is 10.2 Å². The maximum Gasteiger partial charge on any atom is 0.0354 e. The molecule has 1 aromatic rings. The van der Waals surface area contributed by atoms with Crippen LogP contribution in [0.25, 0.3) is 0 Å². The number of rotatable bonds is 3. The first-order valence-corrected chi connectivity index (χ1v) is 6.33. The van der Waals surface area contributed by atoms with Crippen molar-refractivity contribution in [2.45, 2.75) is 19.4 Å². The molecule has 0 saturated carbocycles. The van der Waals surface area contributed by atoms with Crippen LogP contribution in [0.2, 0.25) is 0 Å². The van der Waals surface area contributed by atoms with E-state index in [1.165, 1.54) is 25.1 Å². The Morgan fingerprint density at radius 1 is 1.50 bits per heavy atom. The molecular formula is C11H18N2S. The van der Waals surface area contributed by atoms with E-state index in [1.807, 2.05) is 0 Å². The summed E-state index contributed by atoms with van der Waals surface area (Å²) in [6.45, 7) is 6.94. The average molecular weight is 210 g/mol. The number of hydrogen-bond acceptors (Lipinski definition) is 3. The van der Waals surface area contributed by atoms with E-state index in [9.17, 15) is 0 Å². The summed E-state index contributed by atoms with van der Waals surface area (Å²) >= 11 is 1.80. The molecule has 0 amide bonds. The lowest BCUT2D eigenvalue weighted by atomic mass is 10.1. The second-order valence-corrected chi connectivity index (χ2v) is 4.55. The monoisotopic (exact) mass is 210 g/mol. The predicted octanol–water partition coefficient (Wildman–Crippen LogP) is 2.10. The zero-order valence-corrected chi connectivity index (χ0v) is 9.52. The highest BCUT2D eigenvalue weighted by molar-refractivity contribution is 7.07. The predicted molar refractivity (Wildman–Crippen MR) is 61.8 cm³/mol. The number of hydrogen-bond donors (Lipinski definition) is 1. The van der Waals surface area contributed by atoms with Crippen molar-refractivity contribution in [2.75, 3.05) is 26.2 Å². The van der Waals surface area contributed by atoms with Crippen molar-refractivity contribution in [1.29, 1.82) is 0 Å². The van der Waals surface area contributed by atoms with Gasteiger partial charge in [0.1, 0.15) is 0 Å². The van der Waals surface area contributed by atoms with Crippen LogP contribution in [-0.4, -0.2) is 31.1 Å². The van der Waals surface area contributed by atoms with Crippen molar-refractivity contribution in [3.05, 3.63) is 22.4 Å². The van der Waals surface area contributed by atoms with Gasteiger partial charge in [-0.25, -0.2) is 0 Å². The average Bonchev–Trinajstić information content (AvgIpc) is 2.74. The molecule has 78 valence electrons. The zero-order valence-electron chi connectivity index (χ0n) is 8.70. The van der Waals surface area contributed by atoms with Gasteiger partial charge in [-0.15, -0.1) is 0 Å². The Kier molecular flexibility index (Phi) is 3.56. The van der Waals surface area contributed by atoms with Crippen LogP contribution in [0.4, 0.5) is 0 Å². The van der Waals surface area contributed by atoms with Crippen LogP contribution in [0.3, 0.4) is 0 Å². The first kappa shape index (κ1) is 10.1. The van der Waals surface area contributed by atoms with E-state index in [2.05, 4.69) is 34.0 Å². The summed E-state index contributed by atoms with van der Waals surface area (Å²) in [5.74, 6) is 0. The molecule has 1 fully saturated rings. The van der Waals surface area contributed by atoms with E-state index in [1.54, 1.807) is 11.3 Å². The second kappa shape index (κ2) is 4.91. The molecule has 1 saturated heterocycles. The zero-order chi connectivity index (χ0) is 9.80. The van der Waals surface area contributed by atoms with Crippen LogP contribution >= 0.6 is 11.3 Å². The molecule has 1 aromatic heterocycles. The Hall–Kier alpha value is -0.380. The molecular weight excluding hydrogens is 192 g/mol. The Morgan fingerprint density at radius 3 is 2.86 bits per heavy atom. The van der Waals surface area contributed by atoms with Crippen LogP contribution < -0.4 is 5.32 Å². The minimum absolute atomic E-state index is 0.642. The fourth-order valence-electron chi connectivity index (χ4n) is 2.16. The summed E-state index contributed by atoms with van der Waals surface area (Å²) in [5, 5.41) is 7.87. The largest absolute Gasteiger partial charge is 0.314 e. The second-order valence-electron chi connectivity index (χ2n) is 3.77. The molecule has 0 bridgehead atoms. The van der Waals surface area contributed by atoms with Gasteiger partial charge in [0.05, 0.1) is 0 Å². The molecule has 0 aromatic carbocycles. The minimum Gasteiger partial charge on any atom is -0.314 e. The molecule has 2 rings (SSSR count). The molecule has 0 aliphatic carbocycles. The van der Waals surface area contributed by atoms with Gasteiger partial charge in [0.25, 0.3) is 0 Å². The summed E-state index contributed by atoms with van der Waals surface area (Å²) in [6.07, 6.45) is 1.22. The Balaban J connectivity index is 2.04. The third-order valence-corrected chi connectivity index (χ3v) is 3.61. The van der Waals surface area contributed by atoms with E-state index >= 15 is 0 Å². The highest BCUT2D eigenvalue weighted by atomic mass is 32.1. The molecule has 1 aliphatic rings. The molecule has 0 spiro atoms. The van der Waals surface area contributed by atoms with Gasteiger partial charge >= 0.3 is 0 Å². The van der Waals surface area contributed by atoms with E-state index in [-0.39, 0.29) is 0 Å². The normalized spacial score (nSPS) is 20.9. The van der Waals surface area contributed by atoms with Crippen LogP contribution in [0.5, 0.6) is 0 Å². The van der Waals surface area contributed by atoms with Gasteiger partial charge in [0, 0.05) is 32.2 Å². The Morgan fingerprint density at radius 2 is 2.29 bits per heavy atom. The van der Waals surface area contributed by atoms with Gasteiger partial charge in [-0.1, -0.05) is 6.92 Å². The number of nitrogens with zero attached hydrogens (tertiary/aromatic N) is 1. The molecule has 1 N–H and O–H groups in total. The van der Waals surface area contributed by atoms with Gasteiger partial charge in [-0.05, 0) is 28.8 Å². The van der Waals surface area contributed by atoms with Crippen molar-refractivity contribution < 1.29 is 0 Å². The van der Waals surface area contributed by atoms with Gasteiger partial charge in [0.15, 0.2) is 0 Å². The fraction of sp³-hybridized carbons (Fsp3) is 0.636. The lowest BCUT2D eigenvalue weighted by Crippen LogP contribution is -2.44. The summed E-state index contributed by atoms with van der Waals surface area (Å²) in [4.78, 5) is 2.60. The van der Waals surface area contributed by atoms with Crippen molar-refractivity contribution in [3.63, 3.8) is 0 Å². The highest BCUT2D eigenvalue weighted by Crippen LogP contribution is 2.25. The lowest BCUT2D eigenvalue weighted by molar-refractivity contribution is 0.170. The Labute approximate surface area is 89.9 Å². The molecule has 1 aliphatic heterocycles. The summed E-state index contributed by atoms with van der Waals surface area (Å²) in [6, 6.07) is 2.91.